The average Bonchev–Trinajstić information content (AvgIpc) is 2.33. The van der Waals surface area contributed by atoms with Gasteiger partial charge < -0.3 is 5.32 Å². The van der Waals surface area contributed by atoms with Crippen molar-refractivity contribution in [2.75, 3.05) is 5.32 Å². The summed E-state index contributed by atoms with van der Waals surface area (Å²) in [7, 11) is 0. The Hall–Kier alpha value is -1.27. The lowest BCUT2D eigenvalue weighted by Gasteiger charge is -2.10. The zero-order chi connectivity index (χ0) is 14.0. The van der Waals surface area contributed by atoms with Crippen molar-refractivity contribution in [3.8, 4) is 0 Å². The number of aryl methyl sites for hydroxylation is 1. The van der Waals surface area contributed by atoms with E-state index < -0.39 is 11.6 Å². The maximum Gasteiger partial charge on any atom is 0.151 e. The summed E-state index contributed by atoms with van der Waals surface area (Å²) in [5.41, 5.74) is -0.0179. The summed E-state index contributed by atoms with van der Waals surface area (Å²) in [4.78, 5) is 8.31. The Kier molecular flexibility index (Phi) is 4.31. The van der Waals surface area contributed by atoms with Crippen LogP contribution in [-0.2, 0) is 6.42 Å². The first-order valence-electron chi connectivity index (χ1n) is 5.44. The van der Waals surface area contributed by atoms with E-state index in [0.717, 1.165) is 12.1 Å². The number of nitrogens with zero attached hydrogens (tertiary/aromatic N) is 2. The zero-order valence-electron chi connectivity index (χ0n) is 9.85. The van der Waals surface area contributed by atoms with Gasteiger partial charge in [0.05, 0.1) is 10.7 Å². The molecule has 2 rings (SSSR count). The number of aromatic nitrogens is 2. The monoisotopic (exact) mass is 347 g/mol. The van der Waals surface area contributed by atoms with Gasteiger partial charge in [0.15, 0.2) is 5.82 Å². The third-order valence-electron chi connectivity index (χ3n) is 2.32. The normalized spacial score (nSPS) is 10.6. The summed E-state index contributed by atoms with van der Waals surface area (Å²) in [5.74, 6) is -0.536. The van der Waals surface area contributed by atoms with Crippen molar-refractivity contribution in [3.05, 3.63) is 45.3 Å². The predicted octanol–water partition coefficient (Wildman–Crippen LogP) is 4.48. The highest BCUT2D eigenvalue weighted by molar-refractivity contribution is 9.10. The first kappa shape index (κ1) is 14.1. The summed E-state index contributed by atoms with van der Waals surface area (Å²) in [6.45, 7) is 1.90. The van der Waals surface area contributed by atoms with Crippen molar-refractivity contribution in [2.24, 2.45) is 0 Å². The Morgan fingerprint density at radius 3 is 2.63 bits per heavy atom. The largest absolute Gasteiger partial charge is 0.336 e. The van der Waals surface area contributed by atoms with E-state index in [4.69, 9.17) is 11.6 Å². The van der Waals surface area contributed by atoms with E-state index in [1.807, 2.05) is 6.92 Å². The fraction of sp³-hybridized carbons (Fsp3) is 0.167. The number of halogens is 4. The van der Waals surface area contributed by atoms with Gasteiger partial charge >= 0.3 is 0 Å². The molecule has 0 radical (unpaired) electrons. The second kappa shape index (κ2) is 5.79. The van der Waals surface area contributed by atoms with Gasteiger partial charge in [0.1, 0.15) is 22.1 Å². The number of hydrogen-bond acceptors (Lipinski definition) is 3. The van der Waals surface area contributed by atoms with Crippen molar-refractivity contribution < 1.29 is 8.78 Å². The minimum Gasteiger partial charge on any atom is -0.336 e. The molecule has 0 aliphatic heterocycles. The van der Waals surface area contributed by atoms with E-state index in [9.17, 15) is 8.78 Å². The molecular formula is C12H9BrClF2N3. The predicted molar refractivity (Wildman–Crippen MR) is 73.8 cm³/mol. The Morgan fingerprint density at radius 1 is 1.26 bits per heavy atom. The van der Waals surface area contributed by atoms with Crippen LogP contribution in [0.4, 0.5) is 20.3 Å². The minimum absolute atomic E-state index is 0.0179. The molecule has 1 aromatic carbocycles. The van der Waals surface area contributed by atoms with Crippen LogP contribution in [-0.4, -0.2) is 9.97 Å². The first-order chi connectivity index (χ1) is 8.99. The fourth-order valence-corrected chi connectivity index (χ4v) is 2.14. The lowest BCUT2D eigenvalue weighted by Crippen LogP contribution is -2.02. The topological polar surface area (TPSA) is 37.8 Å². The molecule has 0 amide bonds. The number of rotatable bonds is 3. The molecule has 0 unspecified atom stereocenters. The molecule has 0 atom stereocenters. The van der Waals surface area contributed by atoms with E-state index in [-0.39, 0.29) is 10.7 Å². The number of anilines is 2. The third kappa shape index (κ3) is 3.39. The summed E-state index contributed by atoms with van der Waals surface area (Å²) >= 11 is 9.04. The van der Waals surface area contributed by atoms with Crippen LogP contribution in [0, 0.1) is 11.6 Å². The molecule has 0 aliphatic rings. The molecule has 0 fully saturated rings. The quantitative estimate of drug-likeness (QED) is 0.831. The molecular weight excluding hydrogens is 340 g/mol. The summed E-state index contributed by atoms with van der Waals surface area (Å²) in [6, 6.07) is 3.37. The standard InChI is InChI=1S/C12H9BrClF2N3/c1-2-10-17-9(13)5-11(18-10)19-12-7(14)3-6(15)4-8(12)16/h3-5H,2H2,1H3,(H,17,18,19). The molecule has 1 N–H and O–H groups in total. The van der Waals surface area contributed by atoms with Gasteiger partial charge in [-0.2, -0.15) is 0 Å². The van der Waals surface area contributed by atoms with Gasteiger partial charge in [-0.25, -0.2) is 18.7 Å². The van der Waals surface area contributed by atoms with Crippen LogP contribution >= 0.6 is 27.5 Å². The van der Waals surface area contributed by atoms with Crippen molar-refractivity contribution in [3.63, 3.8) is 0 Å². The van der Waals surface area contributed by atoms with Crippen molar-refractivity contribution in [1.29, 1.82) is 0 Å². The van der Waals surface area contributed by atoms with Crippen molar-refractivity contribution in [2.45, 2.75) is 13.3 Å². The highest BCUT2D eigenvalue weighted by atomic mass is 79.9. The Labute approximate surface area is 122 Å². The van der Waals surface area contributed by atoms with E-state index in [1.165, 1.54) is 0 Å². The number of hydrogen-bond donors (Lipinski definition) is 1. The molecule has 0 saturated carbocycles. The lowest BCUT2D eigenvalue weighted by atomic mass is 10.3. The van der Waals surface area contributed by atoms with Gasteiger partial charge in [-0.1, -0.05) is 18.5 Å². The van der Waals surface area contributed by atoms with E-state index in [2.05, 4.69) is 31.2 Å². The SMILES string of the molecule is CCc1nc(Br)cc(Nc2c(F)cc(F)cc2Cl)n1. The van der Waals surface area contributed by atoms with Crippen LogP contribution in [0.15, 0.2) is 22.8 Å². The van der Waals surface area contributed by atoms with Crippen LogP contribution in [0.5, 0.6) is 0 Å². The Morgan fingerprint density at radius 2 is 2.00 bits per heavy atom. The molecule has 0 saturated heterocycles. The fourth-order valence-electron chi connectivity index (χ4n) is 1.48. The summed E-state index contributed by atoms with van der Waals surface area (Å²) < 4.78 is 27.2. The smallest absolute Gasteiger partial charge is 0.151 e. The van der Waals surface area contributed by atoms with Crippen LogP contribution in [0.3, 0.4) is 0 Å². The van der Waals surface area contributed by atoms with Gasteiger partial charge in [-0.15, -0.1) is 0 Å². The van der Waals surface area contributed by atoms with Crippen LogP contribution in [0.2, 0.25) is 5.02 Å². The maximum absolute atomic E-state index is 13.6. The molecule has 2 aromatic rings. The molecule has 7 heteroatoms. The summed E-state index contributed by atoms with van der Waals surface area (Å²) in [6.07, 6.45) is 0.633. The second-order valence-electron chi connectivity index (χ2n) is 3.72. The first-order valence-corrected chi connectivity index (χ1v) is 6.61. The Balaban J connectivity index is 2.39. The van der Waals surface area contributed by atoms with Gasteiger partial charge in [-0.05, 0) is 22.0 Å². The number of nitrogens with one attached hydrogen (secondary N) is 1. The maximum atomic E-state index is 13.6. The molecule has 3 nitrogen and oxygen atoms in total. The highest BCUT2D eigenvalue weighted by Gasteiger charge is 2.11. The molecule has 0 spiro atoms. The molecule has 19 heavy (non-hydrogen) atoms. The zero-order valence-corrected chi connectivity index (χ0v) is 12.2. The Bertz CT molecular complexity index is 599. The highest BCUT2D eigenvalue weighted by Crippen LogP contribution is 2.29. The van der Waals surface area contributed by atoms with E-state index in [1.54, 1.807) is 6.07 Å². The molecule has 100 valence electrons. The molecule has 1 heterocycles. The van der Waals surface area contributed by atoms with Gasteiger partial charge in [-0.3, -0.25) is 0 Å². The van der Waals surface area contributed by atoms with Crippen molar-refractivity contribution in [1.82, 2.24) is 9.97 Å². The van der Waals surface area contributed by atoms with Crippen LogP contribution in [0.25, 0.3) is 0 Å². The number of benzene rings is 1. The van der Waals surface area contributed by atoms with Crippen LogP contribution < -0.4 is 5.32 Å². The molecule has 1 aromatic heterocycles. The summed E-state index contributed by atoms with van der Waals surface area (Å²) in [5, 5.41) is 2.68. The van der Waals surface area contributed by atoms with Gasteiger partial charge in [0, 0.05) is 18.6 Å². The van der Waals surface area contributed by atoms with Gasteiger partial charge in [0.2, 0.25) is 0 Å². The van der Waals surface area contributed by atoms with Crippen molar-refractivity contribution >= 4 is 39.0 Å². The average molecular weight is 349 g/mol. The molecule has 0 aliphatic carbocycles. The van der Waals surface area contributed by atoms with Crippen LogP contribution in [0.1, 0.15) is 12.7 Å². The van der Waals surface area contributed by atoms with E-state index >= 15 is 0 Å². The minimum atomic E-state index is -0.780. The van der Waals surface area contributed by atoms with Gasteiger partial charge in [0.25, 0.3) is 0 Å². The van der Waals surface area contributed by atoms with E-state index in [0.29, 0.717) is 22.7 Å². The third-order valence-corrected chi connectivity index (χ3v) is 3.02. The lowest BCUT2D eigenvalue weighted by molar-refractivity contribution is 0.586. The molecule has 0 bridgehead atoms. The second-order valence-corrected chi connectivity index (χ2v) is 4.93.